The zero-order valence-electron chi connectivity index (χ0n) is 8.04. The van der Waals surface area contributed by atoms with Gasteiger partial charge >= 0.3 is 0 Å². The van der Waals surface area contributed by atoms with Gasteiger partial charge in [0.25, 0.3) is 6.43 Å². The number of anilines is 1. The lowest BCUT2D eigenvalue weighted by Gasteiger charge is -2.18. The van der Waals surface area contributed by atoms with Crippen molar-refractivity contribution in [3.8, 4) is 0 Å². The monoisotopic (exact) mass is 220 g/mol. The van der Waals surface area contributed by atoms with Crippen LogP contribution in [0.3, 0.4) is 0 Å². The molecule has 1 rings (SSSR count). The van der Waals surface area contributed by atoms with Gasteiger partial charge < -0.3 is 10.1 Å². The molecule has 1 aromatic rings. The summed E-state index contributed by atoms with van der Waals surface area (Å²) in [6, 6.07) is 1.70. The van der Waals surface area contributed by atoms with Crippen molar-refractivity contribution in [3.05, 3.63) is 29.1 Å². The summed E-state index contributed by atoms with van der Waals surface area (Å²) in [5.74, 6) is 4.53. The van der Waals surface area contributed by atoms with Crippen molar-refractivity contribution in [1.29, 1.82) is 0 Å². The highest BCUT2D eigenvalue weighted by atomic mass is 19.3. The van der Waals surface area contributed by atoms with Gasteiger partial charge in [-0.2, -0.15) is 0 Å². The summed E-state index contributed by atoms with van der Waals surface area (Å²) < 4.78 is 38.0. The van der Waals surface area contributed by atoms with Crippen LogP contribution in [-0.2, 0) is 6.61 Å². The minimum atomic E-state index is -2.85. The topological polar surface area (TPSA) is 49.5 Å². The van der Waals surface area contributed by atoms with E-state index >= 15 is 0 Å². The maximum Gasteiger partial charge on any atom is 0.264 e. The van der Waals surface area contributed by atoms with E-state index in [2.05, 4.69) is 0 Å². The number of aliphatic hydroxyl groups excluding tert-OH is 1. The van der Waals surface area contributed by atoms with E-state index < -0.39 is 24.4 Å². The van der Waals surface area contributed by atoms with Gasteiger partial charge in [0.05, 0.1) is 12.3 Å². The van der Waals surface area contributed by atoms with E-state index in [9.17, 15) is 13.2 Å². The first-order valence-electron chi connectivity index (χ1n) is 4.17. The molecule has 0 unspecified atom stereocenters. The molecular weight excluding hydrogens is 209 g/mol. The molecule has 0 aromatic heterocycles. The normalized spacial score (nSPS) is 10.9. The number of hydrogen-bond donors (Lipinski definition) is 2. The van der Waals surface area contributed by atoms with Gasteiger partial charge in [-0.1, -0.05) is 0 Å². The van der Waals surface area contributed by atoms with Crippen molar-refractivity contribution in [2.75, 3.05) is 12.1 Å². The van der Waals surface area contributed by atoms with Crippen LogP contribution in [0, 0.1) is 5.82 Å². The molecule has 0 saturated heterocycles. The molecule has 84 valence electrons. The lowest BCUT2D eigenvalue weighted by Crippen LogP contribution is -2.27. The van der Waals surface area contributed by atoms with Crippen LogP contribution in [0.5, 0.6) is 0 Å². The number of nitrogens with zero attached hydrogens (tertiary/aromatic N) is 1. The lowest BCUT2D eigenvalue weighted by atomic mass is 10.1. The average Bonchev–Trinajstić information content (AvgIpc) is 2.16. The number of hydrogen-bond acceptors (Lipinski definition) is 3. The molecule has 0 saturated carbocycles. The standard InChI is InChI=1S/C9H11F3N2O/c1-14(13)8-3-5(10)2-6(9(11)12)7(8)4-15/h2-3,9,15H,4,13H2,1H3. The molecule has 0 spiro atoms. The van der Waals surface area contributed by atoms with Gasteiger partial charge in [0.1, 0.15) is 5.82 Å². The second-order valence-corrected chi connectivity index (χ2v) is 3.06. The smallest absolute Gasteiger partial charge is 0.264 e. The first-order chi connectivity index (χ1) is 6.97. The molecule has 0 atom stereocenters. The summed E-state index contributed by atoms with van der Waals surface area (Å²) >= 11 is 0. The number of alkyl halides is 2. The minimum absolute atomic E-state index is 0.0489. The van der Waals surface area contributed by atoms with E-state index in [-0.39, 0.29) is 11.3 Å². The molecule has 3 N–H and O–H groups in total. The zero-order valence-corrected chi connectivity index (χ0v) is 8.04. The largest absolute Gasteiger partial charge is 0.392 e. The predicted molar refractivity (Wildman–Crippen MR) is 49.9 cm³/mol. The molecule has 3 nitrogen and oxygen atoms in total. The van der Waals surface area contributed by atoms with Gasteiger partial charge in [-0.25, -0.2) is 19.0 Å². The van der Waals surface area contributed by atoms with Crippen molar-refractivity contribution in [3.63, 3.8) is 0 Å². The Labute approximate surface area is 84.9 Å². The fourth-order valence-corrected chi connectivity index (χ4v) is 1.32. The van der Waals surface area contributed by atoms with Gasteiger partial charge in [-0.15, -0.1) is 0 Å². The SMILES string of the molecule is CN(N)c1cc(F)cc(C(F)F)c1CO. The fraction of sp³-hybridized carbons (Fsp3) is 0.333. The Morgan fingerprint density at radius 3 is 2.47 bits per heavy atom. The summed E-state index contributed by atoms with van der Waals surface area (Å²) in [5.41, 5.74) is -0.547. The Morgan fingerprint density at radius 2 is 2.07 bits per heavy atom. The van der Waals surface area contributed by atoms with Crippen LogP contribution >= 0.6 is 0 Å². The number of hydrazine groups is 1. The molecule has 6 heteroatoms. The summed E-state index contributed by atoms with van der Waals surface area (Å²) in [4.78, 5) is 0. The molecule has 0 bridgehead atoms. The summed E-state index contributed by atoms with van der Waals surface area (Å²) in [6.07, 6.45) is -2.85. The first-order valence-corrected chi connectivity index (χ1v) is 4.17. The fourth-order valence-electron chi connectivity index (χ4n) is 1.32. The van der Waals surface area contributed by atoms with Crippen LogP contribution < -0.4 is 10.9 Å². The first kappa shape index (κ1) is 11.8. The highest BCUT2D eigenvalue weighted by Gasteiger charge is 2.18. The van der Waals surface area contributed by atoms with Crippen molar-refractivity contribution in [2.24, 2.45) is 5.84 Å². The maximum absolute atomic E-state index is 13.0. The molecule has 0 radical (unpaired) electrons. The molecule has 0 fully saturated rings. The second kappa shape index (κ2) is 4.50. The van der Waals surface area contributed by atoms with Crippen LogP contribution in [0.25, 0.3) is 0 Å². The van der Waals surface area contributed by atoms with Gasteiger partial charge in [-0.3, -0.25) is 0 Å². The molecule has 0 aliphatic heterocycles. The third-order valence-corrected chi connectivity index (χ3v) is 2.00. The highest BCUT2D eigenvalue weighted by molar-refractivity contribution is 5.55. The van der Waals surface area contributed by atoms with E-state index in [0.717, 1.165) is 11.1 Å². The Morgan fingerprint density at radius 1 is 1.47 bits per heavy atom. The quantitative estimate of drug-likeness (QED) is 0.600. The van der Waals surface area contributed by atoms with E-state index in [1.54, 1.807) is 0 Å². The Bertz CT molecular complexity index is 326. The van der Waals surface area contributed by atoms with Crippen molar-refractivity contribution >= 4 is 5.69 Å². The molecule has 1 aromatic carbocycles. The number of halogens is 3. The van der Waals surface area contributed by atoms with E-state index in [1.807, 2.05) is 0 Å². The minimum Gasteiger partial charge on any atom is -0.392 e. The number of aliphatic hydroxyl groups is 1. The van der Waals surface area contributed by atoms with Crippen molar-refractivity contribution in [2.45, 2.75) is 13.0 Å². The Balaban J connectivity index is 3.38. The molecule has 0 amide bonds. The van der Waals surface area contributed by atoms with Gasteiger partial charge in [0.15, 0.2) is 0 Å². The highest BCUT2D eigenvalue weighted by Crippen LogP contribution is 2.30. The lowest BCUT2D eigenvalue weighted by molar-refractivity contribution is 0.146. The maximum atomic E-state index is 13.0. The third kappa shape index (κ3) is 2.40. The van der Waals surface area contributed by atoms with Crippen LogP contribution in [0.15, 0.2) is 12.1 Å². The average molecular weight is 220 g/mol. The van der Waals surface area contributed by atoms with Crippen LogP contribution in [0.4, 0.5) is 18.9 Å². The van der Waals surface area contributed by atoms with E-state index in [1.165, 1.54) is 7.05 Å². The van der Waals surface area contributed by atoms with E-state index in [0.29, 0.717) is 6.07 Å². The summed E-state index contributed by atoms with van der Waals surface area (Å²) in [6.45, 7) is -0.614. The number of benzene rings is 1. The third-order valence-electron chi connectivity index (χ3n) is 2.00. The van der Waals surface area contributed by atoms with Crippen molar-refractivity contribution < 1.29 is 18.3 Å². The molecule has 0 heterocycles. The summed E-state index contributed by atoms with van der Waals surface area (Å²) in [7, 11) is 1.38. The van der Waals surface area contributed by atoms with Gasteiger partial charge in [0, 0.05) is 18.2 Å². The number of nitrogens with two attached hydrogens (primary N) is 1. The Kier molecular flexibility index (Phi) is 3.54. The molecule has 0 aliphatic rings. The second-order valence-electron chi connectivity index (χ2n) is 3.06. The Hall–Kier alpha value is -1.27. The van der Waals surface area contributed by atoms with Crippen molar-refractivity contribution in [1.82, 2.24) is 0 Å². The molecular formula is C9H11F3N2O. The van der Waals surface area contributed by atoms with Gasteiger partial charge in [0.2, 0.25) is 0 Å². The zero-order chi connectivity index (χ0) is 11.6. The molecule has 15 heavy (non-hydrogen) atoms. The number of rotatable bonds is 3. The predicted octanol–water partition coefficient (Wildman–Crippen LogP) is 1.57. The van der Waals surface area contributed by atoms with Crippen LogP contribution in [-0.4, -0.2) is 12.2 Å². The van der Waals surface area contributed by atoms with Gasteiger partial charge in [-0.05, 0) is 12.1 Å². The van der Waals surface area contributed by atoms with E-state index in [4.69, 9.17) is 10.9 Å². The molecule has 0 aliphatic carbocycles. The van der Waals surface area contributed by atoms with Crippen LogP contribution in [0.2, 0.25) is 0 Å². The van der Waals surface area contributed by atoms with Crippen LogP contribution in [0.1, 0.15) is 17.6 Å². The summed E-state index contributed by atoms with van der Waals surface area (Å²) in [5, 5.41) is 9.94.